The fourth-order valence-corrected chi connectivity index (χ4v) is 2.50. The lowest BCUT2D eigenvalue weighted by molar-refractivity contribution is -0.124. The summed E-state index contributed by atoms with van der Waals surface area (Å²) in [6.45, 7) is 0.984. The van der Waals surface area contributed by atoms with Crippen molar-refractivity contribution in [2.45, 2.75) is 13.0 Å². The van der Waals surface area contributed by atoms with E-state index in [9.17, 15) is 18.4 Å². The summed E-state index contributed by atoms with van der Waals surface area (Å²) in [6.07, 6.45) is 0. The molecule has 3 aromatic rings. The average molecular weight is 359 g/mol. The molecule has 1 amide bonds. The molecular formula is C19H15F2NO4. The largest absolute Gasteiger partial charge is 0.450 e. The van der Waals surface area contributed by atoms with Crippen molar-refractivity contribution < 1.29 is 27.5 Å². The quantitative estimate of drug-likeness (QED) is 0.705. The minimum absolute atomic E-state index is 0.0170. The zero-order chi connectivity index (χ0) is 18.7. The number of para-hydroxylation sites is 1. The first-order valence-corrected chi connectivity index (χ1v) is 7.84. The number of halogens is 2. The number of fused-ring (bicyclic) bond motifs is 1. The van der Waals surface area contributed by atoms with Crippen LogP contribution in [0.5, 0.6) is 0 Å². The summed E-state index contributed by atoms with van der Waals surface area (Å²) in [5, 5.41) is 3.22. The third-order valence-electron chi connectivity index (χ3n) is 3.77. The van der Waals surface area contributed by atoms with Crippen LogP contribution < -0.4 is 5.32 Å². The van der Waals surface area contributed by atoms with Gasteiger partial charge in [-0.25, -0.2) is 13.6 Å². The third kappa shape index (κ3) is 3.88. The predicted octanol–water partition coefficient (Wildman–Crippen LogP) is 3.75. The van der Waals surface area contributed by atoms with Crippen molar-refractivity contribution in [3.8, 4) is 0 Å². The molecule has 2 aromatic carbocycles. The standard InChI is InChI=1S/C19H15F2NO4/c1-11(14-7-6-13(20)9-15(14)21)22-18(23)10-25-19(24)17-8-12-4-2-3-5-16(12)26-17/h2-9,11H,10H2,1H3,(H,22,23)/t11-/m1/s1. The number of carbonyl (C=O) groups is 2. The van der Waals surface area contributed by atoms with Crippen molar-refractivity contribution in [2.75, 3.05) is 6.61 Å². The Hall–Kier alpha value is -3.22. The first kappa shape index (κ1) is 17.6. The van der Waals surface area contributed by atoms with Gasteiger partial charge >= 0.3 is 5.97 Å². The van der Waals surface area contributed by atoms with Gasteiger partial charge in [-0.1, -0.05) is 24.3 Å². The molecule has 3 rings (SSSR count). The zero-order valence-corrected chi connectivity index (χ0v) is 13.8. The highest BCUT2D eigenvalue weighted by Crippen LogP contribution is 2.20. The van der Waals surface area contributed by atoms with Gasteiger partial charge in [0.1, 0.15) is 17.2 Å². The molecule has 0 unspecified atom stereocenters. The molecule has 1 N–H and O–H groups in total. The van der Waals surface area contributed by atoms with Crippen molar-refractivity contribution in [3.63, 3.8) is 0 Å². The summed E-state index contributed by atoms with van der Waals surface area (Å²) in [4.78, 5) is 23.9. The molecule has 0 aliphatic heterocycles. The summed E-state index contributed by atoms with van der Waals surface area (Å²) in [6, 6.07) is 10.9. The maximum absolute atomic E-state index is 13.7. The molecular weight excluding hydrogens is 344 g/mol. The van der Waals surface area contributed by atoms with E-state index in [0.717, 1.165) is 17.5 Å². The molecule has 7 heteroatoms. The van der Waals surface area contributed by atoms with E-state index in [0.29, 0.717) is 5.58 Å². The third-order valence-corrected chi connectivity index (χ3v) is 3.77. The van der Waals surface area contributed by atoms with E-state index < -0.39 is 36.2 Å². The number of benzene rings is 2. The molecule has 0 aliphatic rings. The van der Waals surface area contributed by atoms with E-state index in [1.54, 1.807) is 24.3 Å². The molecule has 26 heavy (non-hydrogen) atoms. The number of rotatable bonds is 5. The van der Waals surface area contributed by atoms with Crippen LogP contribution in [0.25, 0.3) is 11.0 Å². The second-order valence-corrected chi connectivity index (χ2v) is 5.68. The maximum atomic E-state index is 13.7. The van der Waals surface area contributed by atoms with E-state index in [1.165, 1.54) is 19.1 Å². The van der Waals surface area contributed by atoms with Crippen molar-refractivity contribution in [1.82, 2.24) is 5.32 Å². The topological polar surface area (TPSA) is 68.5 Å². The molecule has 0 bridgehead atoms. The Balaban J connectivity index is 1.57. The first-order chi connectivity index (χ1) is 12.4. The van der Waals surface area contributed by atoms with E-state index >= 15 is 0 Å². The molecule has 0 saturated carbocycles. The van der Waals surface area contributed by atoms with Crippen LogP contribution in [0, 0.1) is 11.6 Å². The van der Waals surface area contributed by atoms with Crippen LogP contribution in [0.15, 0.2) is 52.9 Å². The Labute approximate surface area is 147 Å². The van der Waals surface area contributed by atoms with Gasteiger partial charge in [-0.05, 0) is 25.1 Å². The van der Waals surface area contributed by atoms with Gasteiger partial charge in [0, 0.05) is 17.0 Å². The van der Waals surface area contributed by atoms with Crippen LogP contribution in [0.3, 0.4) is 0 Å². The van der Waals surface area contributed by atoms with Crippen LogP contribution in [-0.4, -0.2) is 18.5 Å². The summed E-state index contributed by atoms with van der Waals surface area (Å²) in [5.74, 6) is -2.89. The smallest absolute Gasteiger partial charge is 0.374 e. The first-order valence-electron chi connectivity index (χ1n) is 7.84. The predicted molar refractivity (Wildman–Crippen MR) is 89.4 cm³/mol. The molecule has 0 aliphatic carbocycles. The molecule has 134 valence electrons. The summed E-state index contributed by atoms with van der Waals surface area (Å²) in [5.41, 5.74) is 0.660. The summed E-state index contributed by atoms with van der Waals surface area (Å²) in [7, 11) is 0. The Bertz CT molecular complexity index is 934. The lowest BCUT2D eigenvalue weighted by Gasteiger charge is -2.15. The van der Waals surface area contributed by atoms with E-state index in [4.69, 9.17) is 9.15 Å². The normalized spacial score (nSPS) is 12.0. The second kappa shape index (κ2) is 7.35. The van der Waals surface area contributed by atoms with Gasteiger partial charge in [0.05, 0.1) is 6.04 Å². The van der Waals surface area contributed by atoms with Crippen LogP contribution in [0.1, 0.15) is 29.1 Å². The maximum Gasteiger partial charge on any atom is 0.374 e. The van der Waals surface area contributed by atoms with Gasteiger partial charge in [-0.15, -0.1) is 0 Å². The average Bonchev–Trinajstić information content (AvgIpc) is 3.03. The Morgan fingerprint density at radius 3 is 2.65 bits per heavy atom. The molecule has 0 fully saturated rings. The van der Waals surface area contributed by atoms with E-state index in [-0.39, 0.29) is 11.3 Å². The Kier molecular flexibility index (Phi) is 4.97. The van der Waals surface area contributed by atoms with E-state index in [1.807, 2.05) is 0 Å². The minimum Gasteiger partial charge on any atom is -0.450 e. The Morgan fingerprint density at radius 1 is 1.15 bits per heavy atom. The SMILES string of the molecule is C[C@@H](NC(=O)COC(=O)c1cc2ccccc2o1)c1ccc(F)cc1F. The fourth-order valence-electron chi connectivity index (χ4n) is 2.50. The molecule has 1 atom stereocenters. The second-order valence-electron chi connectivity index (χ2n) is 5.68. The lowest BCUT2D eigenvalue weighted by atomic mass is 10.1. The van der Waals surface area contributed by atoms with Gasteiger partial charge in [0.2, 0.25) is 5.76 Å². The minimum atomic E-state index is -0.781. The van der Waals surface area contributed by atoms with Gasteiger partial charge < -0.3 is 14.5 Å². The zero-order valence-electron chi connectivity index (χ0n) is 13.8. The van der Waals surface area contributed by atoms with Crippen LogP contribution in [0.4, 0.5) is 8.78 Å². The fraction of sp³-hybridized carbons (Fsp3) is 0.158. The van der Waals surface area contributed by atoms with Crippen LogP contribution in [-0.2, 0) is 9.53 Å². The lowest BCUT2D eigenvalue weighted by Crippen LogP contribution is -2.31. The number of furan rings is 1. The molecule has 0 spiro atoms. The molecule has 5 nitrogen and oxygen atoms in total. The number of esters is 1. The molecule has 0 radical (unpaired) electrons. The number of carbonyl (C=O) groups excluding carboxylic acids is 2. The van der Waals surface area contributed by atoms with Crippen LogP contribution >= 0.6 is 0 Å². The number of amides is 1. The number of hydrogen-bond donors (Lipinski definition) is 1. The number of nitrogens with one attached hydrogen (secondary N) is 1. The van der Waals surface area contributed by atoms with Crippen molar-refractivity contribution in [3.05, 3.63) is 71.5 Å². The molecule has 1 heterocycles. The van der Waals surface area contributed by atoms with Crippen LogP contribution in [0.2, 0.25) is 0 Å². The van der Waals surface area contributed by atoms with Crippen molar-refractivity contribution in [1.29, 1.82) is 0 Å². The van der Waals surface area contributed by atoms with Gasteiger partial charge in [-0.2, -0.15) is 0 Å². The van der Waals surface area contributed by atoms with Gasteiger partial charge in [0.15, 0.2) is 6.61 Å². The van der Waals surface area contributed by atoms with E-state index in [2.05, 4.69) is 5.32 Å². The number of hydrogen-bond acceptors (Lipinski definition) is 4. The highest BCUT2D eigenvalue weighted by Gasteiger charge is 2.18. The Morgan fingerprint density at radius 2 is 1.92 bits per heavy atom. The van der Waals surface area contributed by atoms with Gasteiger partial charge in [0.25, 0.3) is 5.91 Å². The highest BCUT2D eigenvalue weighted by molar-refractivity contribution is 5.93. The monoisotopic (exact) mass is 359 g/mol. The highest BCUT2D eigenvalue weighted by atomic mass is 19.1. The summed E-state index contributed by atoms with van der Waals surface area (Å²) >= 11 is 0. The summed E-state index contributed by atoms with van der Waals surface area (Å²) < 4.78 is 36.9. The molecule has 0 saturated heterocycles. The van der Waals surface area contributed by atoms with Crippen molar-refractivity contribution in [2.24, 2.45) is 0 Å². The molecule has 1 aromatic heterocycles. The van der Waals surface area contributed by atoms with Gasteiger partial charge in [-0.3, -0.25) is 4.79 Å². The van der Waals surface area contributed by atoms with Crippen molar-refractivity contribution >= 4 is 22.8 Å². The number of ether oxygens (including phenoxy) is 1.